The number of aromatic nitrogens is 1. The summed E-state index contributed by atoms with van der Waals surface area (Å²) in [6, 6.07) is 2.26. The summed E-state index contributed by atoms with van der Waals surface area (Å²) >= 11 is 6.36. The first-order valence-corrected chi connectivity index (χ1v) is 16.0. The molecule has 2 aromatic rings. The SMILES string of the molecule is COC(=O)CC[C@H]1[C@@H](NC(=O)/C(=N\OC(C)(C)C(=O)OCc2ccc([N+](=O)[O-])cc2)c2csc(NC(=O)CCl)n2)C(=O)N1S(=O)(=O)O. The largest absolute Gasteiger partial charge is 0.469 e. The van der Waals surface area contributed by atoms with Gasteiger partial charge in [-0.05, 0) is 38.0 Å². The second-order valence-corrected chi connectivity index (χ2v) is 12.4. The average molecular weight is 719 g/mol. The van der Waals surface area contributed by atoms with E-state index in [-0.39, 0.29) is 40.3 Å². The third-order valence-electron chi connectivity index (χ3n) is 6.28. The highest BCUT2D eigenvalue weighted by molar-refractivity contribution is 7.84. The Hall–Kier alpha value is -4.73. The summed E-state index contributed by atoms with van der Waals surface area (Å²) in [5.74, 6) is -5.12. The number of nitro benzene ring substituents is 1. The Kier molecular flexibility index (Phi) is 11.9. The van der Waals surface area contributed by atoms with Gasteiger partial charge in [0.05, 0.1) is 18.1 Å². The number of nitrogens with one attached hydrogen (secondary N) is 2. The number of oxime groups is 1. The Morgan fingerprint density at radius 3 is 2.47 bits per heavy atom. The van der Waals surface area contributed by atoms with Crippen LogP contribution in [0.25, 0.3) is 0 Å². The molecule has 1 aliphatic rings. The normalized spacial score (nSPS) is 16.5. The van der Waals surface area contributed by atoms with E-state index in [0.29, 0.717) is 5.56 Å². The van der Waals surface area contributed by atoms with Crippen molar-refractivity contribution in [3.8, 4) is 0 Å². The molecule has 2 heterocycles. The Balaban J connectivity index is 1.84. The fourth-order valence-corrected chi connectivity index (χ4v) is 5.54. The van der Waals surface area contributed by atoms with Crippen LogP contribution in [0.1, 0.15) is 37.9 Å². The van der Waals surface area contributed by atoms with Crippen LogP contribution in [0.5, 0.6) is 0 Å². The lowest BCUT2D eigenvalue weighted by atomic mass is 9.94. The van der Waals surface area contributed by atoms with Crippen molar-refractivity contribution in [1.82, 2.24) is 14.6 Å². The minimum atomic E-state index is -5.06. The number of methoxy groups -OCH3 is 1. The molecular formula is C25H27ClN6O13S2. The summed E-state index contributed by atoms with van der Waals surface area (Å²) in [4.78, 5) is 82.0. The molecule has 0 radical (unpaired) electrons. The number of nitro groups is 1. The van der Waals surface area contributed by atoms with Crippen LogP contribution in [-0.4, -0.2) is 93.2 Å². The van der Waals surface area contributed by atoms with Crippen molar-refractivity contribution in [2.45, 2.75) is 51.0 Å². The second-order valence-electron chi connectivity index (χ2n) is 10.0. The van der Waals surface area contributed by atoms with E-state index in [4.69, 9.17) is 21.2 Å². The molecule has 1 aromatic carbocycles. The number of β-lactam (4-membered cyclic amide) rings is 1. The number of amides is 3. The van der Waals surface area contributed by atoms with E-state index in [1.807, 2.05) is 0 Å². The van der Waals surface area contributed by atoms with Gasteiger partial charge >= 0.3 is 22.2 Å². The van der Waals surface area contributed by atoms with E-state index in [1.165, 1.54) is 43.5 Å². The molecule has 1 aliphatic heterocycles. The predicted octanol–water partition coefficient (Wildman–Crippen LogP) is 0.923. The van der Waals surface area contributed by atoms with Crippen LogP contribution in [0.15, 0.2) is 34.8 Å². The monoisotopic (exact) mass is 718 g/mol. The highest BCUT2D eigenvalue weighted by Gasteiger charge is 2.54. The summed E-state index contributed by atoms with van der Waals surface area (Å²) in [6.45, 7) is 2.21. The molecule has 254 valence electrons. The number of non-ortho nitro benzene ring substituents is 1. The van der Waals surface area contributed by atoms with Crippen molar-refractivity contribution in [3.05, 3.63) is 51.0 Å². The fourth-order valence-electron chi connectivity index (χ4n) is 3.85. The molecule has 0 bridgehead atoms. The lowest BCUT2D eigenvalue weighted by Crippen LogP contribution is -2.72. The zero-order valence-corrected chi connectivity index (χ0v) is 27.1. The summed E-state index contributed by atoms with van der Waals surface area (Å²) in [6.07, 6.45) is -0.701. The van der Waals surface area contributed by atoms with Crippen molar-refractivity contribution in [3.63, 3.8) is 0 Å². The lowest BCUT2D eigenvalue weighted by molar-refractivity contribution is -0.384. The number of nitrogens with zero attached hydrogens (tertiary/aromatic N) is 4. The molecule has 3 N–H and O–H groups in total. The van der Waals surface area contributed by atoms with Gasteiger partial charge in [-0.3, -0.25) is 33.8 Å². The zero-order chi connectivity index (χ0) is 35.1. The first-order chi connectivity index (χ1) is 22.0. The van der Waals surface area contributed by atoms with Crippen molar-refractivity contribution >= 4 is 79.4 Å². The van der Waals surface area contributed by atoms with Crippen LogP contribution >= 0.6 is 22.9 Å². The fraction of sp³-hybridized carbons (Fsp3) is 0.400. The molecule has 0 saturated carbocycles. The summed E-state index contributed by atoms with van der Waals surface area (Å²) in [5, 5.41) is 20.5. The summed E-state index contributed by atoms with van der Waals surface area (Å²) in [7, 11) is -3.97. The molecule has 19 nitrogen and oxygen atoms in total. The van der Waals surface area contributed by atoms with Crippen LogP contribution in [0.2, 0.25) is 0 Å². The standard InChI is InChI=1S/C25H27ClN6O13S2/c1-25(2,23(37)44-11-13-4-6-14(7-5-13)32(38)39)45-30-19(15-12-46-24(27-15)28-17(33)10-26)21(35)29-20-16(8-9-18(34)43-3)31(22(20)36)47(40,41)42/h4-7,12,16,20H,8-11H2,1-3H3,(H,29,35)(H,27,28,33)(H,40,41,42)/b30-19-/t16-,20+/m0/s1. The van der Waals surface area contributed by atoms with Crippen molar-refractivity contribution in [2.24, 2.45) is 5.16 Å². The third-order valence-corrected chi connectivity index (χ3v) is 8.23. The van der Waals surface area contributed by atoms with Crippen LogP contribution in [0.4, 0.5) is 10.8 Å². The number of carbonyl (C=O) groups excluding carboxylic acids is 5. The molecular weight excluding hydrogens is 692 g/mol. The first kappa shape index (κ1) is 36.7. The number of anilines is 1. The minimum absolute atomic E-state index is 0.0128. The molecule has 0 aliphatic carbocycles. The van der Waals surface area contributed by atoms with Gasteiger partial charge in [0.1, 0.15) is 24.2 Å². The number of halogens is 1. The van der Waals surface area contributed by atoms with Crippen molar-refractivity contribution in [1.29, 1.82) is 0 Å². The number of rotatable bonds is 15. The van der Waals surface area contributed by atoms with Crippen LogP contribution in [-0.2, 0) is 55.2 Å². The number of hydrogen-bond donors (Lipinski definition) is 3. The van der Waals surface area contributed by atoms with Gasteiger partial charge in [0.15, 0.2) is 10.8 Å². The highest BCUT2D eigenvalue weighted by atomic mass is 35.5. The maximum absolute atomic E-state index is 13.4. The molecule has 3 rings (SSSR count). The number of thiazole rings is 1. The Morgan fingerprint density at radius 1 is 1.23 bits per heavy atom. The molecule has 0 spiro atoms. The topological polar surface area (TPSA) is 263 Å². The van der Waals surface area contributed by atoms with E-state index in [2.05, 4.69) is 25.5 Å². The van der Waals surface area contributed by atoms with Gasteiger partial charge in [0, 0.05) is 23.9 Å². The van der Waals surface area contributed by atoms with Crippen molar-refractivity contribution in [2.75, 3.05) is 18.3 Å². The number of hydrogen-bond acceptors (Lipinski definition) is 15. The maximum atomic E-state index is 13.4. The third kappa shape index (κ3) is 9.40. The number of esters is 2. The molecule has 22 heteroatoms. The number of benzene rings is 1. The summed E-state index contributed by atoms with van der Waals surface area (Å²) in [5.41, 5.74) is -2.44. The average Bonchev–Trinajstić information content (AvgIpc) is 3.47. The van der Waals surface area contributed by atoms with Crippen molar-refractivity contribution < 1.29 is 56.2 Å². The lowest BCUT2D eigenvalue weighted by Gasteiger charge is -2.44. The Morgan fingerprint density at radius 2 is 1.89 bits per heavy atom. The molecule has 1 saturated heterocycles. The molecule has 2 atom stereocenters. The van der Waals surface area contributed by atoms with E-state index < -0.39 is 74.2 Å². The quantitative estimate of drug-likeness (QED) is 0.0440. The predicted molar refractivity (Wildman–Crippen MR) is 161 cm³/mol. The van der Waals surface area contributed by atoms with Gasteiger partial charge in [-0.15, -0.1) is 22.9 Å². The number of carbonyl (C=O) groups is 5. The number of ether oxygens (including phenoxy) is 2. The molecule has 47 heavy (non-hydrogen) atoms. The van der Waals surface area contributed by atoms with E-state index in [1.54, 1.807) is 0 Å². The van der Waals surface area contributed by atoms with E-state index >= 15 is 0 Å². The zero-order valence-electron chi connectivity index (χ0n) is 24.7. The van der Waals surface area contributed by atoms with Gasteiger partial charge in [0.25, 0.3) is 17.5 Å². The summed E-state index contributed by atoms with van der Waals surface area (Å²) < 4.78 is 42.9. The van der Waals surface area contributed by atoms with Gasteiger partial charge in [-0.25, -0.2) is 14.1 Å². The molecule has 1 fully saturated rings. The smallest absolute Gasteiger partial charge is 0.362 e. The van der Waals surface area contributed by atoms with Crippen LogP contribution in [0.3, 0.4) is 0 Å². The molecule has 3 amide bonds. The van der Waals surface area contributed by atoms with Gasteiger partial charge < -0.3 is 24.9 Å². The number of alkyl halides is 1. The van der Waals surface area contributed by atoms with Crippen LogP contribution in [0, 0.1) is 10.1 Å². The molecule has 0 unspecified atom stereocenters. The van der Waals surface area contributed by atoms with E-state index in [9.17, 15) is 47.1 Å². The van der Waals surface area contributed by atoms with Gasteiger partial charge in [-0.1, -0.05) is 5.16 Å². The molecule has 1 aromatic heterocycles. The Labute approximate surface area is 275 Å². The second kappa shape index (κ2) is 15.2. The Bertz CT molecular complexity index is 1690. The van der Waals surface area contributed by atoms with E-state index in [0.717, 1.165) is 18.4 Å². The van der Waals surface area contributed by atoms with Crippen LogP contribution < -0.4 is 10.6 Å². The van der Waals surface area contributed by atoms with Gasteiger partial charge in [-0.2, -0.15) is 8.42 Å². The highest BCUT2D eigenvalue weighted by Crippen LogP contribution is 2.28. The maximum Gasteiger partial charge on any atom is 0.362 e. The first-order valence-electron chi connectivity index (χ1n) is 13.1. The minimum Gasteiger partial charge on any atom is -0.469 e. The van der Waals surface area contributed by atoms with Gasteiger partial charge in [0.2, 0.25) is 11.5 Å².